The molecule has 0 N–H and O–H groups in total. The molecule has 18 heavy (non-hydrogen) atoms. The highest BCUT2D eigenvalue weighted by Crippen LogP contribution is 2.38. The largest absolute Gasteiger partial charge is 0.216 e. The number of rotatable bonds is 3. The van der Waals surface area contributed by atoms with Gasteiger partial charge in [0.2, 0.25) is 0 Å². The van der Waals surface area contributed by atoms with Crippen LogP contribution in [0, 0.1) is 11.3 Å². The average Bonchev–Trinajstić information content (AvgIpc) is 2.77. The molecule has 4 heteroatoms. The van der Waals surface area contributed by atoms with Crippen molar-refractivity contribution in [2.24, 2.45) is 4.40 Å². The number of nitriles is 1. The lowest BCUT2D eigenvalue weighted by atomic mass is 10.1. The first-order valence-corrected chi connectivity index (χ1v) is 7.79. The predicted octanol–water partition coefficient (Wildman–Crippen LogP) is 3.94. The molecular weight excluding hydrogens is 260 g/mol. The molecule has 0 unspecified atom stereocenters. The van der Waals surface area contributed by atoms with E-state index in [0.29, 0.717) is 5.57 Å². The SMILES string of the molecule is CS/N=C1/C=C(c2ccccc2)C(SC)=C1C#N. The summed E-state index contributed by atoms with van der Waals surface area (Å²) < 4.78 is 4.31. The van der Waals surface area contributed by atoms with Gasteiger partial charge in [-0.1, -0.05) is 30.3 Å². The maximum absolute atomic E-state index is 9.28. The van der Waals surface area contributed by atoms with Gasteiger partial charge in [0.05, 0.1) is 11.3 Å². The molecule has 0 heterocycles. The van der Waals surface area contributed by atoms with E-state index in [1.165, 1.54) is 11.9 Å². The highest BCUT2D eigenvalue weighted by molar-refractivity contribution is 8.03. The molecule has 0 atom stereocenters. The number of hydrogen-bond acceptors (Lipinski definition) is 4. The van der Waals surface area contributed by atoms with E-state index in [-0.39, 0.29) is 0 Å². The Bertz CT molecular complexity index is 578. The molecule has 2 rings (SSSR count). The molecule has 0 aromatic heterocycles. The van der Waals surface area contributed by atoms with Crippen molar-refractivity contribution >= 4 is 35.0 Å². The molecule has 1 aromatic carbocycles. The molecule has 90 valence electrons. The Kier molecular flexibility index (Phi) is 4.29. The van der Waals surface area contributed by atoms with Crippen molar-refractivity contribution < 1.29 is 0 Å². The van der Waals surface area contributed by atoms with Crippen LogP contribution >= 0.6 is 23.7 Å². The van der Waals surface area contributed by atoms with Gasteiger partial charge in [0.1, 0.15) is 6.07 Å². The molecule has 1 aliphatic rings. The Labute approximate surface area is 116 Å². The summed E-state index contributed by atoms with van der Waals surface area (Å²) in [6.07, 6.45) is 5.89. The molecule has 0 radical (unpaired) electrons. The third-order valence-electron chi connectivity index (χ3n) is 2.60. The first-order chi connectivity index (χ1) is 8.81. The molecule has 0 saturated carbocycles. The van der Waals surface area contributed by atoms with Gasteiger partial charge in [-0.25, -0.2) is 4.40 Å². The molecule has 2 nitrogen and oxygen atoms in total. The van der Waals surface area contributed by atoms with Gasteiger partial charge >= 0.3 is 0 Å². The van der Waals surface area contributed by atoms with Crippen LogP contribution in [0.2, 0.25) is 0 Å². The fourth-order valence-electron chi connectivity index (χ4n) is 1.85. The zero-order valence-corrected chi connectivity index (χ0v) is 11.8. The van der Waals surface area contributed by atoms with Gasteiger partial charge in [0.15, 0.2) is 0 Å². The number of thioether (sulfide) groups is 1. The van der Waals surface area contributed by atoms with Crippen LogP contribution in [0.3, 0.4) is 0 Å². The lowest BCUT2D eigenvalue weighted by molar-refractivity contribution is 1.51. The summed E-state index contributed by atoms with van der Waals surface area (Å²) in [4.78, 5) is 1.01. The van der Waals surface area contributed by atoms with Gasteiger partial charge < -0.3 is 0 Å². The van der Waals surface area contributed by atoms with Gasteiger partial charge in [-0.05, 0) is 35.4 Å². The molecule has 0 amide bonds. The Morgan fingerprint density at radius 1 is 1.17 bits per heavy atom. The van der Waals surface area contributed by atoms with E-state index in [1.807, 2.05) is 36.8 Å². The van der Waals surface area contributed by atoms with Gasteiger partial charge in [-0.15, -0.1) is 11.8 Å². The molecule has 0 fully saturated rings. The topological polar surface area (TPSA) is 36.1 Å². The van der Waals surface area contributed by atoms with Crippen LogP contribution in [0.4, 0.5) is 0 Å². The molecular formula is C14H12N2S2. The Hall–Kier alpha value is -1.44. The highest BCUT2D eigenvalue weighted by atomic mass is 32.2. The summed E-state index contributed by atoms with van der Waals surface area (Å²) in [6, 6.07) is 12.4. The Morgan fingerprint density at radius 2 is 1.89 bits per heavy atom. The quantitative estimate of drug-likeness (QED) is 0.782. The summed E-state index contributed by atoms with van der Waals surface area (Å²) >= 11 is 2.97. The van der Waals surface area contributed by atoms with Crippen molar-refractivity contribution in [2.45, 2.75) is 0 Å². The third kappa shape index (κ3) is 2.38. The van der Waals surface area contributed by atoms with Crippen LogP contribution < -0.4 is 0 Å². The molecule has 1 aromatic rings. The smallest absolute Gasteiger partial charge is 0.103 e. The lowest BCUT2D eigenvalue weighted by Gasteiger charge is -2.05. The molecule has 0 spiro atoms. The fraction of sp³-hybridized carbons (Fsp3) is 0.143. The first-order valence-electron chi connectivity index (χ1n) is 5.39. The van der Waals surface area contributed by atoms with Gasteiger partial charge in [0.25, 0.3) is 0 Å². The first kappa shape index (κ1) is 13.0. The number of benzene rings is 1. The summed E-state index contributed by atoms with van der Waals surface area (Å²) in [6.45, 7) is 0. The minimum atomic E-state index is 0.677. The van der Waals surface area contributed by atoms with E-state index in [0.717, 1.165) is 21.8 Å². The second kappa shape index (κ2) is 5.94. The molecule has 0 aliphatic heterocycles. The van der Waals surface area contributed by atoms with E-state index in [9.17, 15) is 5.26 Å². The van der Waals surface area contributed by atoms with Crippen LogP contribution in [-0.4, -0.2) is 18.2 Å². The van der Waals surface area contributed by atoms with Crippen LogP contribution in [0.1, 0.15) is 5.56 Å². The summed E-state index contributed by atoms with van der Waals surface area (Å²) in [7, 11) is 0. The van der Waals surface area contributed by atoms with Crippen LogP contribution in [0.25, 0.3) is 5.57 Å². The molecule has 1 aliphatic carbocycles. The minimum absolute atomic E-state index is 0.677. The van der Waals surface area contributed by atoms with Crippen molar-refractivity contribution in [1.29, 1.82) is 5.26 Å². The summed E-state index contributed by atoms with van der Waals surface area (Å²) in [5, 5.41) is 9.28. The third-order valence-corrected chi connectivity index (χ3v) is 3.81. The van der Waals surface area contributed by atoms with Crippen LogP contribution in [-0.2, 0) is 0 Å². The predicted molar refractivity (Wildman–Crippen MR) is 81.5 cm³/mol. The van der Waals surface area contributed by atoms with Crippen molar-refractivity contribution in [3.05, 3.63) is 52.4 Å². The second-order valence-electron chi connectivity index (χ2n) is 3.60. The number of allylic oxidation sites excluding steroid dienone is 3. The molecule has 0 bridgehead atoms. The zero-order chi connectivity index (χ0) is 13.0. The van der Waals surface area contributed by atoms with E-state index in [1.54, 1.807) is 11.8 Å². The number of hydrogen-bond donors (Lipinski definition) is 0. The Balaban J connectivity index is 2.55. The maximum atomic E-state index is 9.28. The highest BCUT2D eigenvalue weighted by Gasteiger charge is 2.23. The number of nitrogens with zero attached hydrogens (tertiary/aromatic N) is 2. The normalized spacial score (nSPS) is 16.9. The van der Waals surface area contributed by atoms with E-state index < -0.39 is 0 Å². The van der Waals surface area contributed by atoms with E-state index in [2.05, 4.69) is 22.6 Å². The summed E-state index contributed by atoms with van der Waals surface area (Å²) in [5.74, 6) is 0. The minimum Gasteiger partial charge on any atom is -0.216 e. The van der Waals surface area contributed by atoms with Crippen LogP contribution in [0.15, 0.2) is 51.3 Å². The van der Waals surface area contributed by atoms with E-state index >= 15 is 0 Å². The van der Waals surface area contributed by atoms with Crippen molar-refractivity contribution in [2.75, 3.05) is 12.5 Å². The van der Waals surface area contributed by atoms with Crippen molar-refractivity contribution in [3.8, 4) is 6.07 Å². The van der Waals surface area contributed by atoms with Gasteiger partial charge in [-0.2, -0.15) is 5.26 Å². The van der Waals surface area contributed by atoms with Gasteiger partial charge in [-0.3, -0.25) is 0 Å². The standard InChI is InChI=1S/C14H12N2S2/c1-17-14-11(10-6-4-3-5-7-10)8-13(16-18-2)12(14)9-15/h3-8H,1-2H3/b16-13-. The summed E-state index contributed by atoms with van der Waals surface area (Å²) in [5.41, 5.74) is 3.66. The van der Waals surface area contributed by atoms with Crippen molar-refractivity contribution in [1.82, 2.24) is 0 Å². The second-order valence-corrected chi connectivity index (χ2v) is 4.97. The average molecular weight is 272 g/mol. The van der Waals surface area contributed by atoms with Crippen molar-refractivity contribution in [3.63, 3.8) is 0 Å². The van der Waals surface area contributed by atoms with Crippen LogP contribution in [0.5, 0.6) is 0 Å². The van der Waals surface area contributed by atoms with E-state index in [4.69, 9.17) is 0 Å². The zero-order valence-electron chi connectivity index (χ0n) is 10.2. The maximum Gasteiger partial charge on any atom is 0.103 e. The monoisotopic (exact) mass is 272 g/mol. The Morgan fingerprint density at radius 3 is 2.44 bits per heavy atom. The fourth-order valence-corrected chi connectivity index (χ4v) is 2.94. The van der Waals surface area contributed by atoms with Gasteiger partial charge in [0, 0.05) is 11.2 Å². The molecule has 0 saturated heterocycles. The lowest BCUT2D eigenvalue weighted by Crippen LogP contribution is -1.92.